The van der Waals surface area contributed by atoms with E-state index in [0.717, 1.165) is 28.2 Å². The first-order chi connectivity index (χ1) is 8.77. The van der Waals surface area contributed by atoms with Gasteiger partial charge in [0, 0.05) is 23.7 Å². The van der Waals surface area contributed by atoms with Gasteiger partial charge in [0.25, 0.3) is 0 Å². The van der Waals surface area contributed by atoms with Crippen molar-refractivity contribution in [3.63, 3.8) is 0 Å². The predicted molar refractivity (Wildman–Crippen MR) is 77.7 cm³/mol. The highest BCUT2D eigenvalue weighted by Gasteiger charge is 2.14. The van der Waals surface area contributed by atoms with E-state index in [1.807, 2.05) is 24.3 Å². The quantitative estimate of drug-likeness (QED) is 0.754. The van der Waals surface area contributed by atoms with Crippen molar-refractivity contribution in [1.82, 2.24) is 14.8 Å². The molecule has 0 amide bonds. The fourth-order valence-corrected chi connectivity index (χ4v) is 2.57. The molecular weight excluding hydrogens is 362 g/mol. The van der Waals surface area contributed by atoms with Gasteiger partial charge in [-0.3, -0.25) is 0 Å². The monoisotopic (exact) mass is 373 g/mol. The molecule has 0 bridgehead atoms. The minimum absolute atomic E-state index is 0.634. The van der Waals surface area contributed by atoms with E-state index in [9.17, 15) is 0 Å². The van der Waals surface area contributed by atoms with Gasteiger partial charge in [-0.1, -0.05) is 50.1 Å². The Bertz CT molecular complexity index is 528. The van der Waals surface area contributed by atoms with Crippen molar-refractivity contribution < 1.29 is 4.74 Å². The maximum absolute atomic E-state index is 5.13. The number of nitrogens with zero attached hydrogens (tertiary/aromatic N) is 3. The standard InChI is InChI=1S/C12H13Br2N3O/c1-18-7-6-17-11(8-13)15-16-12(17)9-4-2-3-5-10(9)14/h2-5H,6-8H2,1H3. The Morgan fingerprint density at radius 2 is 2.06 bits per heavy atom. The maximum atomic E-state index is 5.13. The second-order valence-electron chi connectivity index (χ2n) is 3.70. The zero-order chi connectivity index (χ0) is 13.0. The van der Waals surface area contributed by atoms with Crippen LogP contribution in [-0.4, -0.2) is 28.5 Å². The first-order valence-corrected chi connectivity index (χ1v) is 7.41. The summed E-state index contributed by atoms with van der Waals surface area (Å²) in [5.74, 6) is 1.76. The summed E-state index contributed by atoms with van der Waals surface area (Å²) < 4.78 is 8.21. The van der Waals surface area contributed by atoms with E-state index >= 15 is 0 Å². The van der Waals surface area contributed by atoms with Gasteiger partial charge in [0.05, 0.1) is 11.9 Å². The second-order valence-corrected chi connectivity index (χ2v) is 5.11. The summed E-state index contributed by atoms with van der Waals surface area (Å²) in [6.07, 6.45) is 0. The summed E-state index contributed by atoms with van der Waals surface area (Å²) in [6.45, 7) is 1.37. The van der Waals surface area contributed by atoms with E-state index in [4.69, 9.17) is 4.74 Å². The Kier molecular flexibility index (Phi) is 4.91. The van der Waals surface area contributed by atoms with Gasteiger partial charge in [0.2, 0.25) is 0 Å². The fraction of sp³-hybridized carbons (Fsp3) is 0.333. The lowest BCUT2D eigenvalue weighted by atomic mass is 10.2. The molecule has 0 radical (unpaired) electrons. The van der Waals surface area contributed by atoms with Gasteiger partial charge < -0.3 is 9.30 Å². The van der Waals surface area contributed by atoms with Gasteiger partial charge in [-0.2, -0.15) is 0 Å². The lowest BCUT2D eigenvalue weighted by molar-refractivity contribution is 0.187. The molecule has 2 aromatic rings. The van der Waals surface area contributed by atoms with Crippen molar-refractivity contribution in [2.75, 3.05) is 13.7 Å². The van der Waals surface area contributed by atoms with Crippen LogP contribution in [0.1, 0.15) is 5.82 Å². The summed E-state index contributed by atoms with van der Waals surface area (Å²) in [7, 11) is 1.69. The van der Waals surface area contributed by atoms with E-state index < -0.39 is 0 Å². The average Bonchev–Trinajstić information content (AvgIpc) is 2.79. The number of benzene rings is 1. The molecule has 0 saturated heterocycles. The maximum Gasteiger partial charge on any atom is 0.165 e. The molecule has 0 aliphatic carbocycles. The van der Waals surface area contributed by atoms with E-state index in [2.05, 4.69) is 46.6 Å². The number of alkyl halides is 1. The van der Waals surface area contributed by atoms with Crippen LogP contribution in [0.4, 0.5) is 0 Å². The minimum Gasteiger partial charge on any atom is -0.383 e. The summed E-state index contributed by atoms with van der Waals surface area (Å²) in [5, 5.41) is 9.14. The molecule has 1 aromatic heterocycles. The lowest BCUT2D eigenvalue weighted by Crippen LogP contribution is -2.09. The van der Waals surface area contributed by atoms with Crippen LogP contribution in [0.15, 0.2) is 28.7 Å². The lowest BCUT2D eigenvalue weighted by Gasteiger charge is -2.09. The van der Waals surface area contributed by atoms with Crippen LogP contribution < -0.4 is 0 Å². The highest BCUT2D eigenvalue weighted by molar-refractivity contribution is 9.10. The van der Waals surface area contributed by atoms with Gasteiger partial charge in [-0.25, -0.2) is 0 Å². The summed E-state index contributed by atoms with van der Waals surface area (Å²) in [4.78, 5) is 0. The molecule has 1 aromatic carbocycles. The Morgan fingerprint density at radius 3 is 2.72 bits per heavy atom. The van der Waals surface area contributed by atoms with Gasteiger partial charge in [-0.15, -0.1) is 10.2 Å². The van der Waals surface area contributed by atoms with Crippen molar-refractivity contribution in [3.8, 4) is 11.4 Å². The zero-order valence-corrected chi connectivity index (χ0v) is 13.1. The Labute approximate surface area is 123 Å². The van der Waals surface area contributed by atoms with Crippen molar-refractivity contribution in [2.45, 2.75) is 11.9 Å². The molecule has 18 heavy (non-hydrogen) atoms. The second kappa shape index (κ2) is 6.45. The molecule has 0 aliphatic heterocycles. The molecule has 96 valence electrons. The Balaban J connectivity index is 2.44. The SMILES string of the molecule is COCCn1c(CBr)nnc1-c1ccccc1Br. The number of ether oxygens (including phenoxy) is 1. The van der Waals surface area contributed by atoms with Crippen molar-refractivity contribution >= 4 is 31.9 Å². The number of hydrogen-bond donors (Lipinski definition) is 0. The highest BCUT2D eigenvalue weighted by Crippen LogP contribution is 2.27. The molecule has 0 spiro atoms. The third kappa shape index (κ3) is 2.81. The molecule has 0 aliphatic rings. The average molecular weight is 375 g/mol. The molecule has 6 heteroatoms. The largest absolute Gasteiger partial charge is 0.383 e. The number of hydrogen-bond acceptors (Lipinski definition) is 3. The van der Waals surface area contributed by atoms with E-state index in [1.165, 1.54) is 0 Å². The zero-order valence-electron chi connectivity index (χ0n) is 9.94. The van der Waals surface area contributed by atoms with Crippen LogP contribution in [0.25, 0.3) is 11.4 Å². The third-order valence-corrected chi connectivity index (χ3v) is 3.77. The molecule has 2 rings (SSSR count). The van der Waals surface area contributed by atoms with Gasteiger partial charge in [-0.05, 0) is 6.07 Å². The summed E-state index contributed by atoms with van der Waals surface area (Å²) in [6, 6.07) is 7.99. The van der Waals surface area contributed by atoms with Gasteiger partial charge in [0.15, 0.2) is 5.82 Å². The number of rotatable bonds is 5. The van der Waals surface area contributed by atoms with E-state index in [-0.39, 0.29) is 0 Å². The number of methoxy groups -OCH3 is 1. The molecule has 0 atom stereocenters. The smallest absolute Gasteiger partial charge is 0.165 e. The Morgan fingerprint density at radius 1 is 1.28 bits per heavy atom. The van der Waals surface area contributed by atoms with Gasteiger partial charge >= 0.3 is 0 Å². The van der Waals surface area contributed by atoms with Crippen LogP contribution in [0.5, 0.6) is 0 Å². The normalized spacial score (nSPS) is 10.8. The molecular formula is C12H13Br2N3O. The molecule has 1 heterocycles. The molecule has 0 unspecified atom stereocenters. The number of aromatic nitrogens is 3. The van der Waals surface area contributed by atoms with Crippen molar-refractivity contribution in [1.29, 1.82) is 0 Å². The van der Waals surface area contributed by atoms with Crippen LogP contribution in [0.2, 0.25) is 0 Å². The van der Waals surface area contributed by atoms with E-state index in [0.29, 0.717) is 11.9 Å². The first kappa shape index (κ1) is 13.7. The minimum atomic E-state index is 0.634. The van der Waals surface area contributed by atoms with Crippen LogP contribution in [0, 0.1) is 0 Å². The van der Waals surface area contributed by atoms with Crippen LogP contribution >= 0.6 is 31.9 Å². The van der Waals surface area contributed by atoms with Crippen molar-refractivity contribution in [3.05, 3.63) is 34.6 Å². The van der Waals surface area contributed by atoms with Crippen LogP contribution in [-0.2, 0) is 16.6 Å². The topological polar surface area (TPSA) is 39.9 Å². The fourth-order valence-electron chi connectivity index (χ4n) is 1.69. The van der Waals surface area contributed by atoms with E-state index in [1.54, 1.807) is 7.11 Å². The molecule has 0 fully saturated rings. The van der Waals surface area contributed by atoms with Crippen molar-refractivity contribution in [2.24, 2.45) is 0 Å². The summed E-state index contributed by atoms with van der Waals surface area (Å²) >= 11 is 6.97. The molecule has 0 saturated carbocycles. The molecule has 4 nitrogen and oxygen atoms in total. The number of halogens is 2. The Hall–Kier alpha value is -0.720. The van der Waals surface area contributed by atoms with Gasteiger partial charge in [0.1, 0.15) is 5.82 Å². The first-order valence-electron chi connectivity index (χ1n) is 5.49. The third-order valence-electron chi connectivity index (χ3n) is 2.58. The summed E-state index contributed by atoms with van der Waals surface area (Å²) in [5.41, 5.74) is 1.04. The molecule has 0 N–H and O–H groups in total. The highest BCUT2D eigenvalue weighted by atomic mass is 79.9. The predicted octanol–water partition coefficient (Wildman–Crippen LogP) is 3.25. The van der Waals surface area contributed by atoms with Crippen LogP contribution in [0.3, 0.4) is 0 Å².